The highest BCUT2D eigenvalue weighted by Crippen LogP contribution is 2.39. The van der Waals surface area contributed by atoms with Gasteiger partial charge in [-0.3, -0.25) is 0 Å². The van der Waals surface area contributed by atoms with Gasteiger partial charge < -0.3 is 10.5 Å². The maximum Gasteiger partial charge on any atom is 0.240 e. The van der Waals surface area contributed by atoms with E-state index in [4.69, 9.17) is 22.1 Å². The van der Waals surface area contributed by atoms with Gasteiger partial charge >= 0.3 is 0 Å². The average molecular weight is 495 g/mol. The molecule has 0 radical (unpaired) electrons. The van der Waals surface area contributed by atoms with Gasteiger partial charge in [0, 0.05) is 12.1 Å². The number of halogens is 1. The molecule has 33 heavy (non-hydrogen) atoms. The smallest absolute Gasteiger partial charge is 0.240 e. The summed E-state index contributed by atoms with van der Waals surface area (Å²) in [7, 11) is -3.74. The largest absolute Gasteiger partial charge is 0.489 e. The molecule has 0 aliphatic heterocycles. The molecule has 0 heterocycles. The summed E-state index contributed by atoms with van der Waals surface area (Å²) in [5.74, 6) is 0.805. The van der Waals surface area contributed by atoms with Crippen LogP contribution in [0.1, 0.15) is 78.9 Å². The molecule has 0 spiro atoms. The first-order valence-electron chi connectivity index (χ1n) is 11.6. The molecule has 0 amide bonds. The fourth-order valence-electron chi connectivity index (χ4n) is 3.40. The number of ether oxygens (including phenoxy) is 1. The van der Waals surface area contributed by atoms with Gasteiger partial charge in [0.1, 0.15) is 11.9 Å². The van der Waals surface area contributed by atoms with Crippen LogP contribution in [-0.2, 0) is 20.9 Å². The van der Waals surface area contributed by atoms with Crippen molar-refractivity contribution < 1.29 is 13.2 Å². The molecule has 0 saturated carbocycles. The number of rotatable bonds is 11. The lowest BCUT2D eigenvalue weighted by Gasteiger charge is -2.31. The molecule has 7 heteroatoms. The molecule has 3 N–H and O–H groups in total. The van der Waals surface area contributed by atoms with E-state index in [-0.39, 0.29) is 34.1 Å². The van der Waals surface area contributed by atoms with Crippen molar-refractivity contribution in [3.63, 3.8) is 0 Å². The maximum absolute atomic E-state index is 12.8. The van der Waals surface area contributed by atoms with E-state index >= 15 is 0 Å². The number of sulfonamides is 1. The minimum absolute atomic E-state index is 0.0668. The van der Waals surface area contributed by atoms with Gasteiger partial charge in [-0.1, -0.05) is 72.2 Å². The van der Waals surface area contributed by atoms with Crippen LogP contribution in [0.2, 0.25) is 5.02 Å². The molecule has 0 bridgehead atoms. The SMILES string of the molecule is CCC(CNS(=O)(=O)c1ccc(Cl)c(N)c1)Oc1ccc(C(C)(C)CC)cc1C(C)(C)CC. The third-order valence-electron chi connectivity index (χ3n) is 6.79. The molecule has 2 aromatic carbocycles. The van der Waals surface area contributed by atoms with E-state index in [2.05, 4.69) is 58.4 Å². The Balaban J connectivity index is 2.29. The summed E-state index contributed by atoms with van der Waals surface area (Å²) in [6.45, 7) is 15.4. The number of nitrogens with two attached hydrogens (primary N) is 1. The number of benzene rings is 2. The Morgan fingerprint density at radius 1 is 1.00 bits per heavy atom. The van der Waals surface area contributed by atoms with Crippen molar-refractivity contribution in [1.82, 2.24) is 4.72 Å². The first-order chi connectivity index (χ1) is 15.3. The van der Waals surface area contributed by atoms with Crippen LogP contribution in [0.3, 0.4) is 0 Å². The Bertz CT molecular complexity index is 1070. The predicted molar refractivity (Wildman–Crippen MR) is 139 cm³/mol. The molecule has 0 fully saturated rings. The Hall–Kier alpha value is -1.76. The Kier molecular flexibility index (Phi) is 8.88. The fraction of sp³-hybridized carbons (Fsp3) is 0.538. The van der Waals surface area contributed by atoms with Gasteiger partial charge in [0.05, 0.1) is 15.6 Å². The summed E-state index contributed by atoms with van der Waals surface area (Å²) in [5, 5.41) is 0.324. The second-order valence-electron chi connectivity index (χ2n) is 9.87. The van der Waals surface area contributed by atoms with Crippen LogP contribution in [-0.4, -0.2) is 21.1 Å². The quantitative estimate of drug-likeness (QED) is 0.352. The molecule has 2 rings (SSSR count). The molecule has 0 aliphatic rings. The van der Waals surface area contributed by atoms with Crippen molar-refractivity contribution in [2.24, 2.45) is 0 Å². The molecule has 0 aliphatic carbocycles. The van der Waals surface area contributed by atoms with E-state index < -0.39 is 10.0 Å². The highest BCUT2D eigenvalue weighted by atomic mass is 35.5. The lowest BCUT2D eigenvalue weighted by molar-refractivity contribution is 0.195. The van der Waals surface area contributed by atoms with E-state index in [1.807, 2.05) is 13.0 Å². The first-order valence-corrected chi connectivity index (χ1v) is 13.5. The molecule has 184 valence electrons. The second kappa shape index (κ2) is 10.7. The van der Waals surface area contributed by atoms with Crippen molar-refractivity contribution in [2.45, 2.75) is 89.6 Å². The van der Waals surface area contributed by atoms with Crippen LogP contribution in [0.4, 0.5) is 5.69 Å². The molecule has 0 aromatic heterocycles. The Morgan fingerprint density at radius 2 is 1.64 bits per heavy atom. The summed E-state index contributed by atoms with van der Waals surface area (Å²) in [5.41, 5.74) is 8.42. The van der Waals surface area contributed by atoms with Gasteiger partial charge in [-0.05, 0) is 59.9 Å². The highest BCUT2D eigenvalue weighted by Gasteiger charge is 2.28. The normalized spacial score (nSPS) is 13.7. The molecule has 0 saturated heterocycles. The van der Waals surface area contributed by atoms with Crippen LogP contribution in [0.15, 0.2) is 41.3 Å². The van der Waals surface area contributed by atoms with E-state index in [1.54, 1.807) is 0 Å². The van der Waals surface area contributed by atoms with Gasteiger partial charge in [-0.15, -0.1) is 0 Å². The standard InChI is InChI=1S/C26H39ClN2O3S/c1-8-19(17-29-33(30,31)20-12-13-22(27)23(28)16-20)32-24-14-11-18(25(4,5)9-2)15-21(24)26(6,7)10-3/h11-16,19,29H,8-10,17,28H2,1-7H3. The van der Waals surface area contributed by atoms with Gasteiger partial charge in [0.25, 0.3) is 0 Å². The summed E-state index contributed by atoms with van der Waals surface area (Å²) in [6.07, 6.45) is 2.33. The van der Waals surface area contributed by atoms with Gasteiger partial charge in [-0.25, -0.2) is 13.1 Å². The number of hydrogen-bond acceptors (Lipinski definition) is 4. The van der Waals surface area contributed by atoms with Crippen molar-refractivity contribution in [1.29, 1.82) is 0 Å². The molecule has 1 atom stereocenters. The van der Waals surface area contributed by atoms with Gasteiger partial charge in [0.15, 0.2) is 0 Å². The van der Waals surface area contributed by atoms with Crippen molar-refractivity contribution >= 4 is 27.3 Å². The van der Waals surface area contributed by atoms with Crippen molar-refractivity contribution in [3.8, 4) is 5.75 Å². The molecule has 5 nitrogen and oxygen atoms in total. The van der Waals surface area contributed by atoms with E-state index in [0.29, 0.717) is 11.4 Å². The molecule has 1 unspecified atom stereocenters. The summed E-state index contributed by atoms with van der Waals surface area (Å²) in [4.78, 5) is 0.0817. The van der Waals surface area contributed by atoms with Crippen LogP contribution < -0.4 is 15.2 Å². The van der Waals surface area contributed by atoms with Crippen LogP contribution in [0.25, 0.3) is 0 Å². The van der Waals surface area contributed by atoms with Crippen LogP contribution in [0, 0.1) is 0 Å². The van der Waals surface area contributed by atoms with E-state index in [0.717, 1.165) is 24.2 Å². The minimum Gasteiger partial charge on any atom is -0.489 e. The van der Waals surface area contributed by atoms with Gasteiger partial charge in [0.2, 0.25) is 10.0 Å². The fourth-order valence-corrected chi connectivity index (χ4v) is 4.62. The maximum atomic E-state index is 12.8. The zero-order valence-corrected chi connectivity index (χ0v) is 22.5. The van der Waals surface area contributed by atoms with Crippen molar-refractivity contribution in [3.05, 3.63) is 52.5 Å². The third kappa shape index (κ3) is 6.65. The predicted octanol–water partition coefficient (Wildman–Crippen LogP) is 6.43. The number of anilines is 1. The Morgan fingerprint density at radius 3 is 2.18 bits per heavy atom. The number of hydrogen-bond donors (Lipinski definition) is 2. The summed E-state index contributed by atoms with van der Waals surface area (Å²) in [6, 6.07) is 10.7. The number of nitrogens with one attached hydrogen (secondary N) is 1. The lowest BCUT2D eigenvalue weighted by atomic mass is 9.76. The average Bonchev–Trinajstić information content (AvgIpc) is 2.78. The zero-order valence-electron chi connectivity index (χ0n) is 21.0. The molecule has 2 aromatic rings. The number of nitrogen functional groups attached to an aromatic ring is 1. The summed E-state index contributed by atoms with van der Waals surface area (Å²) < 4.78 is 34.6. The zero-order chi connectivity index (χ0) is 25.0. The third-order valence-corrected chi connectivity index (χ3v) is 8.55. The second-order valence-corrected chi connectivity index (χ2v) is 12.0. The topological polar surface area (TPSA) is 81.4 Å². The lowest BCUT2D eigenvalue weighted by Crippen LogP contribution is -2.35. The highest BCUT2D eigenvalue weighted by molar-refractivity contribution is 7.89. The van der Waals surface area contributed by atoms with Crippen LogP contribution >= 0.6 is 11.6 Å². The molecular formula is C26H39ClN2O3S. The van der Waals surface area contributed by atoms with Gasteiger partial charge in [-0.2, -0.15) is 0 Å². The minimum atomic E-state index is -3.74. The summed E-state index contributed by atoms with van der Waals surface area (Å²) >= 11 is 5.92. The van der Waals surface area contributed by atoms with E-state index in [1.165, 1.54) is 23.8 Å². The van der Waals surface area contributed by atoms with Crippen LogP contribution in [0.5, 0.6) is 5.75 Å². The van der Waals surface area contributed by atoms with Crippen molar-refractivity contribution in [2.75, 3.05) is 12.3 Å². The Labute approximate surface area is 205 Å². The monoisotopic (exact) mass is 494 g/mol. The molecular weight excluding hydrogens is 456 g/mol. The van der Waals surface area contributed by atoms with E-state index in [9.17, 15) is 8.42 Å². The first kappa shape index (κ1) is 27.5.